The molecule has 4 nitrogen and oxygen atoms in total. The van der Waals surface area contributed by atoms with E-state index in [1.165, 1.54) is 18.4 Å². The van der Waals surface area contributed by atoms with E-state index in [1.54, 1.807) is 0 Å². The van der Waals surface area contributed by atoms with Crippen molar-refractivity contribution >= 4 is 29.3 Å². The third-order valence-electron chi connectivity index (χ3n) is 4.70. The predicted octanol–water partition coefficient (Wildman–Crippen LogP) is 3.18. The van der Waals surface area contributed by atoms with Crippen molar-refractivity contribution in [3.63, 3.8) is 0 Å². The quantitative estimate of drug-likeness (QED) is 0.893. The first-order valence-corrected chi connectivity index (χ1v) is 7.74. The number of nitrogens with one attached hydrogen (secondary N) is 2. The Bertz CT molecular complexity index is 685. The number of hydrogen-bond acceptors (Lipinski definition) is 3. The second kappa shape index (κ2) is 5.94. The number of benzene rings is 1. The van der Waals surface area contributed by atoms with Crippen LogP contribution in [0.15, 0.2) is 28.7 Å². The average molecular weight is 321 g/mol. The average Bonchev–Trinajstić information content (AvgIpc) is 3.02. The number of aryl methyl sites for hydroxylation is 1. The van der Waals surface area contributed by atoms with Gasteiger partial charge in [0.2, 0.25) is 0 Å². The summed E-state index contributed by atoms with van der Waals surface area (Å²) < 4.78 is 5.67. The first-order chi connectivity index (χ1) is 10.2. The maximum atomic E-state index is 12.4. The Morgan fingerprint density at radius 1 is 1.23 bits per heavy atom. The first-order valence-electron chi connectivity index (χ1n) is 7.74. The lowest BCUT2D eigenvalue weighted by molar-refractivity contribution is 0.0898. The van der Waals surface area contributed by atoms with Gasteiger partial charge in [0.25, 0.3) is 5.91 Å². The number of halogens is 1. The van der Waals surface area contributed by atoms with Crippen LogP contribution in [0.25, 0.3) is 11.0 Å². The first kappa shape index (κ1) is 15.4. The van der Waals surface area contributed by atoms with Gasteiger partial charge in [-0.05, 0) is 50.8 Å². The van der Waals surface area contributed by atoms with E-state index in [0.717, 1.165) is 23.8 Å². The lowest BCUT2D eigenvalue weighted by Crippen LogP contribution is -2.47. The molecule has 2 aromatic rings. The summed E-state index contributed by atoms with van der Waals surface area (Å²) in [5, 5.41) is 7.72. The Kier molecular flexibility index (Phi) is 4.15. The molecule has 1 aromatic heterocycles. The van der Waals surface area contributed by atoms with Crippen LogP contribution in [-0.2, 0) is 0 Å². The second-order valence-corrected chi connectivity index (χ2v) is 6.43. The molecule has 0 radical (unpaired) electrons. The minimum absolute atomic E-state index is 0. The number of hydrogen-bond donors (Lipinski definition) is 2. The molecule has 4 rings (SSSR count). The number of fused-ring (bicyclic) bond motifs is 3. The summed E-state index contributed by atoms with van der Waals surface area (Å²) in [6.07, 6.45) is 4.53. The molecule has 2 unspecified atom stereocenters. The van der Waals surface area contributed by atoms with Crippen molar-refractivity contribution in [3.8, 4) is 0 Å². The number of rotatable bonds is 2. The van der Waals surface area contributed by atoms with Crippen molar-refractivity contribution in [3.05, 3.63) is 35.6 Å². The number of piperidine rings is 1. The van der Waals surface area contributed by atoms with E-state index in [1.807, 2.05) is 31.2 Å². The highest BCUT2D eigenvalue weighted by Crippen LogP contribution is 2.27. The monoisotopic (exact) mass is 320 g/mol. The lowest BCUT2D eigenvalue weighted by atomic mass is 10.00. The van der Waals surface area contributed by atoms with Crippen LogP contribution in [-0.4, -0.2) is 24.0 Å². The van der Waals surface area contributed by atoms with Crippen molar-refractivity contribution in [2.75, 3.05) is 0 Å². The fourth-order valence-corrected chi connectivity index (χ4v) is 3.71. The normalized spacial score (nSPS) is 26.7. The number of carbonyl (C=O) groups excluding carboxylic acids is 1. The maximum Gasteiger partial charge on any atom is 0.287 e. The molecule has 0 saturated carbocycles. The molecule has 2 bridgehead atoms. The van der Waals surface area contributed by atoms with Crippen molar-refractivity contribution in [1.29, 1.82) is 0 Å². The molecule has 1 aromatic carbocycles. The van der Waals surface area contributed by atoms with Gasteiger partial charge in [0.05, 0.1) is 0 Å². The fraction of sp³-hybridized carbons (Fsp3) is 0.471. The Labute approximate surface area is 136 Å². The van der Waals surface area contributed by atoms with E-state index in [-0.39, 0.29) is 24.4 Å². The van der Waals surface area contributed by atoms with E-state index in [9.17, 15) is 4.79 Å². The zero-order valence-corrected chi connectivity index (χ0v) is 13.4. The molecule has 3 heterocycles. The molecule has 2 aliphatic rings. The van der Waals surface area contributed by atoms with Crippen molar-refractivity contribution in [2.24, 2.45) is 0 Å². The standard InChI is InChI=1S/C17H20N2O2.ClH/c1-10-2-5-15-11(6-10)7-16(21-15)17(20)19-14-8-12-3-4-13(9-14)18-12;/h2,5-7,12-14,18H,3-4,8-9H2,1H3,(H,19,20);1H. The Morgan fingerprint density at radius 3 is 2.68 bits per heavy atom. The van der Waals surface area contributed by atoms with Gasteiger partial charge in [0, 0.05) is 23.5 Å². The van der Waals surface area contributed by atoms with Crippen LogP contribution >= 0.6 is 12.4 Å². The molecule has 2 atom stereocenters. The van der Waals surface area contributed by atoms with Crippen LogP contribution in [0, 0.1) is 6.92 Å². The molecule has 2 aliphatic heterocycles. The molecule has 0 spiro atoms. The summed E-state index contributed by atoms with van der Waals surface area (Å²) >= 11 is 0. The largest absolute Gasteiger partial charge is 0.451 e. The van der Waals surface area contributed by atoms with Crippen LogP contribution < -0.4 is 10.6 Å². The highest BCUT2D eigenvalue weighted by atomic mass is 35.5. The van der Waals surface area contributed by atoms with Crippen LogP contribution in [0.5, 0.6) is 0 Å². The zero-order valence-electron chi connectivity index (χ0n) is 12.6. The van der Waals surface area contributed by atoms with Gasteiger partial charge in [-0.3, -0.25) is 4.79 Å². The molecular weight excluding hydrogens is 300 g/mol. The van der Waals surface area contributed by atoms with E-state index >= 15 is 0 Å². The molecule has 1 amide bonds. The van der Waals surface area contributed by atoms with Crippen LogP contribution in [0.4, 0.5) is 0 Å². The topological polar surface area (TPSA) is 54.3 Å². The van der Waals surface area contributed by atoms with Gasteiger partial charge in [-0.1, -0.05) is 11.6 Å². The summed E-state index contributed by atoms with van der Waals surface area (Å²) in [5.41, 5.74) is 1.95. The highest BCUT2D eigenvalue weighted by Gasteiger charge is 2.34. The zero-order chi connectivity index (χ0) is 14.4. The van der Waals surface area contributed by atoms with Gasteiger partial charge >= 0.3 is 0 Å². The SMILES string of the molecule is Cc1ccc2oc(C(=O)NC3CC4CCC(C3)N4)cc2c1.Cl. The summed E-state index contributed by atoms with van der Waals surface area (Å²) in [5.74, 6) is 0.330. The Hall–Kier alpha value is -1.52. The van der Waals surface area contributed by atoms with Crippen molar-refractivity contribution < 1.29 is 9.21 Å². The summed E-state index contributed by atoms with van der Waals surface area (Å²) in [4.78, 5) is 12.4. The van der Waals surface area contributed by atoms with Crippen LogP contribution in [0.2, 0.25) is 0 Å². The highest BCUT2D eigenvalue weighted by molar-refractivity contribution is 5.96. The van der Waals surface area contributed by atoms with Gasteiger partial charge in [-0.15, -0.1) is 12.4 Å². The molecule has 5 heteroatoms. The minimum Gasteiger partial charge on any atom is -0.451 e. The second-order valence-electron chi connectivity index (χ2n) is 6.43. The van der Waals surface area contributed by atoms with Gasteiger partial charge < -0.3 is 15.1 Å². The van der Waals surface area contributed by atoms with E-state index in [4.69, 9.17) is 4.42 Å². The minimum atomic E-state index is -0.0878. The van der Waals surface area contributed by atoms with Gasteiger partial charge in [-0.25, -0.2) is 0 Å². The van der Waals surface area contributed by atoms with Crippen LogP contribution in [0.1, 0.15) is 41.8 Å². The van der Waals surface area contributed by atoms with E-state index in [2.05, 4.69) is 10.6 Å². The predicted molar refractivity (Wildman–Crippen MR) is 88.6 cm³/mol. The summed E-state index contributed by atoms with van der Waals surface area (Å²) in [7, 11) is 0. The van der Waals surface area contributed by atoms with Crippen molar-refractivity contribution in [2.45, 2.75) is 50.7 Å². The lowest BCUT2D eigenvalue weighted by Gasteiger charge is -2.29. The molecular formula is C17H21ClN2O2. The molecule has 2 saturated heterocycles. The summed E-state index contributed by atoms with van der Waals surface area (Å²) in [6, 6.07) is 9.23. The molecule has 0 aliphatic carbocycles. The third-order valence-corrected chi connectivity index (χ3v) is 4.70. The van der Waals surface area contributed by atoms with Crippen molar-refractivity contribution in [1.82, 2.24) is 10.6 Å². The number of furan rings is 1. The van der Waals surface area contributed by atoms with Gasteiger partial charge in [-0.2, -0.15) is 0 Å². The fourth-order valence-electron chi connectivity index (χ4n) is 3.71. The molecule has 2 N–H and O–H groups in total. The third kappa shape index (κ3) is 2.85. The maximum absolute atomic E-state index is 12.4. The Morgan fingerprint density at radius 2 is 1.95 bits per heavy atom. The van der Waals surface area contributed by atoms with E-state index < -0.39 is 0 Å². The molecule has 2 fully saturated rings. The molecule has 118 valence electrons. The van der Waals surface area contributed by atoms with Gasteiger partial charge in [0.1, 0.15) is 5.58 Å². The number of carbonyl (C=O) groups is 1. The van der Waals surface area contributed by atoms with Crippen LogP contribution in [0.3, 0.4) is 0 Å². The Balaban J connectivity index is 0.00000144. The molecule has 22 heavy (non-hydrogen) atoms. The van der Waals surface area contributed by atoms with Gasteiger partial charge in [0.15, 0.2) is 5.76 Å². The van der Waals surface area contributed by atoms with E-state index in [0.29, 0.717) is 17.8 Å². The number of amides is 1. The summed E-state index contributed by atoms with van der Waals surface area (Å²) in [6.45, 7) is 2.04. The smallest absolute Gasteiger partial charge is 0.287 e.